The lowest BCUT2D eigenvalue weighted by atomic mass is 9.90. The Hall–Kier alpha value is -1.07. The molecule has 144 valence electrons. The highest BCUT2D eigenvalue weighted by Crippen LogP contribution is 2.46. The summed E-state index contributed by atoms with van der Waals surface area (Å²) in [5.41, 5.74) is -0.570. The van der Waals surface area contributed by atoms with Crippen LogP contribution >= 0.6 is 0 Å². The second-order valence-electron chi connectivity index (χ2n) is 9.05. The van der Waals surface area contributed by atoms with Crippen LogP contribution in [-0.4, -0.2) is 46.6 Å². The second-order valence-corrected chi connectivity index (χ2v) is 9.05. The molecule has 5 aliphatic heterocycles. The van der Waals surface area contributed by atoms with Gasteiger partial charge in [0.1, 0.15) is 5.72 Å². The number of rotatable bonds is 1. The van der Waals surface area contributed by atoms with Crippen molar-refractivity contribution < 1.29 is 9.47 Å². The van der Waals surface area contributed by atoms with Crippen molar-refractivity contribution in [2.45, 2.75) is 114 Å². The van der Waals surface area contributed by atoms with Crippen LogP contribution in [-0.2, 0) is 9.47 Å². The normalized spacial score (nSPS) is 47.5. The molecule has 1 N–H and O–H groups in total. The molecule has 5 nitrogen and oxygen atoms in total. The van der Waals surface area contributed by atoms with Gasteiger partial charge in [-0.25, -0.2) is 4.99 Å². The molecule has 5 heterocycles. The van der Waals surface area contributed by atoms with Gasteiger partial charge in [0.05, 0.1) is 12.2 Å². The van der Waals surface area contributed by atoms with E-state index in [1.165, 1.54) is 25.7 Å². The van der Waals surface area contributed by atoms with E-state index in [4.69, 9.17) is 14.5 Å². The van der Waals surface area contributed by atoms with Crippen molar-refractivity contribution in [3.05, 3.63) is 12.2 Å². The lowest BCUT2D eigenvalue weighted by Gasteiger charge is -2.53. The predicted octanol–water partition coefficient (Wildman–Crippen LogP) is 3.70. The molecule has 0 aromatic rings. The highest BCUT2D eigenvalue weighted by Gasteiger charge is 2.54. The third-order valence-corrected chi connectivity index (χ3v) is 7.08. The Morgan fingerprint density at radius 3 is 2.85 bits per heavy atom. The van der Waals surface area contributed by atoms with Crippen LogP contribution in [0.15, 0.2) is 17.1 Å². The fourth-order valence-corrected chi connectivity index (χ4v) is 5.91. The number of allylic oxidation sites excluding steroid dienone is 1. The first-order chi connectivity index (χ1) is 12.6. The number of hydrogen-bond donors (Lipinski definition) is 1. The topological polar surface area (TPSA) is 46.1 Å². The monoisotopic (exact) mass is 359 g/mol. The van der Waals surface area contributed by atoms with Gasteiger partial charge >= 0.3 is 0 Å². The van der Waals surface area contributed by atoms with Crippen molar-refractivity contribution in [1.82, 2.24) is 10.2 Å². The summed E-state index contributed by atoms with van der Waals surface area (Å²) in [5, 5.41) is 3.78. The van der Waals surface area contributed by atoms with E-state index in [1.807, 2.05) is 0 Å². The van der Waals surface area contributed by atoms with Crippen molar-refractivity contribution in [2.24, 2.45) is 4.99 Å². The van der Waals surface area contributed by atoms with Gasteiger partial charge in [-0.05, 0) is 51.9 Å². The smallest absolute Gasteiger partial charge is 0.199 e. The summed E-state index contributed by atoms with van der Waals surface area (Å²) >= 11 is 0. The molecular weight excluding hydrogens is 326 g/mol. The van der Waals surface area contributed by atoms with Crippen LogP contribution in [0.25, 0.3) is 0 Å². The minimum absolute atomic E-state index is 0.189. The highest BCUT2D eigenvalue weighted by atomic mass is 16.5. The van der Waals surface area contributed by atoms with E-state index in [0.29, 0.717) is 18.2 Å². The SMILES string of the molecule is CC[C@H]1C=CCC[C@@]2(C[C@@H]3CC[C@@H]4C[C@]5(CCC[C@@H](C)O5)NC(=N2)N43)O1. The molecule has 5 aliphatic rings. The molecule has 6 atom stereocenters. The fourth-order valence-electron chi connectivity index (χ4n) is 5.91. The third-order valence-electron chi connectivity index (χ3n) is 7.08. The highest BCUT2D eigenvalue weighted by molar-refractivity contribution is 5.83. The van der Waals surface area contributed by atoms with Gasteiger partial charge in [-0.3, -0.25) is 0 Å². The van der Waals surface area contributed by atoms with Crippen molar-refractivity contribution >= 4 is 5.96 Å². The van der Waals surface area contributed by atoms with Gasteiger partial charge in [0, 0.05) is 31.3 Å². The molecule has 2 spiro atoms. The molecule has 0 unspecified atom stereocenters. The number of aliphatic imine (C=N–C) groups is 1. The second kappa shape index (κ2) is 6.23. The molecule has 0 bridgehead atoms. The molecule has 0 aromatic heterocycles. The Bertz CT molecular complexity index is 620. The molecule has 5 heteroatoms. The Labute approximate surface area is 157 Å². The first kappa shape index (κ1) is 17.1. The zero-order valence-electron chi connectivity index (χ0n) is 16.2. The summed E-state index contributed by atoms with van der Waals surface area (Å²) in [4.78, 5) is 7.83. The van der Waals surface area contributed by atoms with Crippen LogP contribution in [0, 0.1) is 0 Å². The lowest BCUT2D eigenvalue weighted by Crippen LogP contribution is -2.68. The molecule has 3 fully saturated rings. The molecular formula is C21H33N3O2. The summed E-state index contributed by atoms with van der Waals surface area (Å²) in [5.74, 6) is 1.06. The first-order valence-electron chi connectivity index (χ1n) is 10.8. The molecule has 0 aliphatic carbocycles. The van der Waals surface area contributed by atoms with Crippen LogP contribution in [0.4, 0.5) is 0 Å². The van der Waals surface area contributed by atoms with Gasteiger partial charge in [-0.1, -0.05) is 19.1 Å². The van der Waals surface area contributed by atoms with Crippen LogP contribution in [0.2, 0.25) is 0 Å². The Morgan fingerprint density at radius 1 is 1.19 bits per heavy atom. The van der Waals surface area contributed by atoms with Gasteiger partial charge in [0.25, 0.3) is 0 Å². The van der Waals surface area contributed by atoms with E-state index in [-0.39, 0.29) is 17.6 Å². The number of nitrogens with one attached hydrogen (secondary N) is 1. The van der Waals surface area contributed by atoms with Crippen LogP contribution in [0.3, 0.4) is 0 Å². The fraction of sp³-hybridized carbons (Fsp3) is 0.857. The minimum atomic E-state index is -0.360. The maximum absolute atomic E-state index is 6.60. The predicted molar refractivity (Wildman–Crippen MR) is 102 cm³/mol. The standard InChI is InChI=1S/C21H33N3O2/c1-3-18-8-4-5-11-21(26-18)14-17-10-9-16-13-20(12-6-7-15(2)25-20)22-19(23-21)24(16)17/h4,8,15-18H,3,5-7,9-14H2,1-2H3,(H,22,23)/t15-,16-,17+,18+,20-,21+/m1/s1. The van der Waals surface area contributed by atoms with E-state index in [1.54, 1.807) is 0 Å². The molecule has 0 amide bonds. The van der Waals surface area contributed by atoms with E-state index in [9.17, 15) is 0 Å². The summed E-state index contributed by atoms with van der Waals surface area (Å²) in [6.07, 6.45) is 16.3. The van der Waals surface area contributed by atoms with Crippen LogP contribution in [0.5, 0.6) is 0 Å². The zero-order valence-corrected chi connectivity index (χ0v) is 16.2. The average molecular weight is 360 g/mol. The zero-order chi connectivity index (χ0) is 17.8. The van der Waals surface area contributed by atoms with Gasteiger partial charge < -0.3 is 19.7 Å². The van der Waals surface area contributed by atoms with Crippen LogP contribution < -0.4 is 5.32 Å². The number of guanidine groups is 1. The van der Waals surface area contributed by atoms with Crippen molar-refractivity contribution in [3.8, 4) is 0 Å². The Kier molecular flexibility index (Phi) is 4.09. The van der Waals surface area contributed by atoms with Gasteiger partial charge in [0.15, 0.2) is 11.7 Å². The summed E-state index contributed by atoms with van der Waals surface area (Å²) < 4.78 is 13.1. The maximum atomic E-state index is 6.60. The minimum Gasteiger partial charge on any atom is -0.353 e. The third kappa shape index (κ3) is 2.78. The Morgan fingerprint density at radius 2 is 2.04 bits per heavy atom. The van der Waals surface area contributed by atoms with Crippen molar-refractivity contribution in [1.29, 1.82) is 0 Å². The van der Waals surface area contributed by atoms with E-state index in [0.717, 1.165) is 44.5 Å². The number of hydrogen-bond acceptors (Lipinski definition) is 5. The molecule has 0 saturated carbocycles. The summed E-state index contributed by atoms with van der Waals surface area (Å²) in [7, 11) is 0. The molecule has 5 rings (SSSR count). The molecule has 3 saturated heterocycles. The van der Waals surface area contributed by atoms with Gasteiger partial charge in [-0.15, -0.1) is 0 Å². The van der Waals surface area contributed by atoms with Gasteiger partial charge in [-0.2, -0.15) is 0 Å². The lowest BCUT2D eigenvalue weighted by molar-refractivity contribution is -0.156. The molecule has 26 heavy (non-hydrogen) atoms. The molecule has 0 aromatic carbocycles. The van der Waals surface area contributed by atoms with Gasteiger partial charge in [0.2, 0.25) is 0 Å². The number of nitrogens with zero attached hydrogens (tertiary/aromatic N) is 2. The van der Waals surface area contributed by atoms with Crippen LogP contribution in [0.1, 0.15) is 78.1 Å². The number of ether oxygens (including phenoxy) is 2. The largest absolute Gasteiger partial charge is 0.353 e. The van der Waals surface area contributed by atoms with E-state index < -0.39 is 0 Å². The summed E-state index contributed by atoms with van der Waals surface area (Å²) in [6.45, 7) is 4.41. The average Bonchev–Trinajstić information content (AvgIpc) is 2.89. The maximum Gasteiger partial charge on any atom is 0.199 e. The Balaban J connectivity index is 1.48. The van der Waals surface area contributed by atoms with E-state index in [2.05, 4.69) is 36.2 Å². The molecule has 0 radical (unpaired) electrons. The van der Waals surface area contributed by atoms with Crippen molar-refractivity contribution in [2.75, 3.05) is 0 Å². The summed E-state index contributed by atoms with van der Waals surface area (Å²) in [6, 6.07) is 1.14. The quantitative estimate of drug-likeness (QED) is 0.725. The van der Waals surface area contributed by atoms with Crippen molar-refractivity contribution in [3.63, 3.8) is 0 Å². The first-order valence-corrected chi connectivity index (χ1v) is 10.8. The van der Waals surface area contributed by atoms with E-state index >= 15 is 0 Å².